The van der Waals surface area contributed by atoms with Crippen LogP contribution < -0.4 is 15.8 Å². The molecule has 4 amide bonds. The highest BCUT2D eigenvalue weighted by Gasteiger charge is 2.45. The second-order valence-electron chi connectivity index (χ2n) is 14.2. The van der Waals surface area contributed by atoms with Crippen molar-refractivity contribution in [1.82, 2.24) is 14.9 Å². The first-order valence-corrected chi connectivity index (χ1v) is 18.7. The van der Waals surface area contributed by atoms with Crippen molar-refractivity contribution in [1.29, 1.82) is 0 Å². The molecule has 5 atom stereocenters. The third kappa shape index (κ3) is 11.5. The van der Waals surface area contributed by atoms with Crippen molar-refractivity contribution in [2.75, 3.05) is 13.7 Å². The summed E-state index contributed by atoms with van der Waals surface area (Å²) < 4.78 is 41.9. The number of nitrogens with zero attached hydrogens (tertiary/aromatic N) is 1. The molecule has 0 radical (unpaired) electrons. The number of carbonyl (C=O) groups excluding carboxylic acids is 6. The number of benzene rings is 1. The molecular formula is C35H48N4O11S. The molecular weight excluding hydrogens is 684 g/mol. The maximum Gasteiger partial charge on any atom is 0.408 e. The highest BCUT2D eigenvalue weighted by Crippen LogP contribution is 2.40. The molecule has 15 nitrogen and oxygen atoms in total. The number of unbranched alkanes of at least 4 members (excludes halogenated alkanes) is 3. The van der Waals surface area contributed by atoms with Gasteiger partial charge in [0.05, 0.1) is 30.0 Å². The van der Waals surface area contributed by atoms with Gasteiger partial charge in [-0.05, 0) is 89.5 Å². The minimum atomic E-state index is -3.55. The second-order valence-corrected chi connectivity index (χ2v) is 16.2. The largest absolute Gasteiger partial charge is 0.465 e. The molecule has 4 N–H and O–H groups in total. The summed E-state index contributed by atoms with van der Waals surface area (Å²) in [7, 11) is -2.31. The van der Waals surface area contributed by atoms with E-state index in [1.165, 1.54) is 36.3 Å². The van der Waals surface area contributed by atoms with Crippen LogP contribution in [0.4, 0.5) is 4.79 Å². The molecule has 1 aliphatic heterocycles. The fraction of sp³-hybridized carbons (Fsp3) is 0.600. The number of alkyl carbamates (subject to hydrolysis) is 1. The van der Waals surface area contributed by atoms with Crippen LogP contribution in [0.15, 0.2) is 36.4 Å². The average molecular weight is 733 g/mol. The molecule has 280 valence electrons. The van der Waals surface area contributed by atoms with Gasteiger partial charge in [-0.15, -0.1) is 0 Å². The number of nitrogens with two attached hydrogens (primary N) is 1. The number of amides is 4. The lowest BCUT2D eigenvalue weighted by molar-refractivity contribution is -0.139. The topological polar surface area (TPSA) is 218 Å². The zero-order valence-electron chi connectivity index (χ0n) is 29.4. The maximum absolute atomic E-state index is 13.8. The van der Waals surface area contributed by atoms with Gasteiger partial charge in [-0.1, -0.05) is 25.0 Å². The van der Waals surface area contributed by atoms with E-state index in [1.807, 2.05) is 12.2 Å². The second kappa shape index (κ2) is 16.7. The molecule has 1 heterocycles. The summed E-state index contributed by atoms with van der Waals surface area (Å²) in [6.45, 7) is 4.95. The molecule has 3 aliphatic rings. The Morgan fingerprint density at radius 1 is 0.980 bits per heavy atom. The summed E-state index contributed by atoms with van der Waals surface area (Å²) in [4.78, 5) is 77.0. The molecule has 1 saturated heterocycles. The Morgan fingerprint density at radius 2 is 1.63 bits per heavy atom. The molecule has 51 heavy (non-hydrogen) atoms. The highest BCUT2D eigenvalue weighted by molar-refractivity contribution is 7.90. The summed E-state index contributed by atoms with van der Waals surface area (Å²) in [5.74, 6) is -3.40. The van der Waals surface area contributed by atoms with Crippen LogP contribution in [0.25, 0.3) is 0 Å². The molecule has 0 spiro atoms. The molecule has 0 aromatic heterocycles. The van der Waals surface area contributed by atoms with Crippen molar-refractivity contribution in [3.05, 3.63) is 47.5 Å². The van der Waals surface area contributed by atoms with Gasteiger partial charge >= 0.3 is 18.0 Å². The molecule has 0 unspecified atom stereocenters. The SMILES string of the molecule is COC(=O)c1ccc(C(=O)O[C@@H]2C[C@@H](C(N)=O)N(C(=O)[C@H](CCCCC/C=C\[C@@H]3C[C@@H]3C(=O)NS(=O)(=O)C3CC3)NC(=O)OC(C)(C)C)C2)cc1. The summed E-state index contributed by atoms with van der Waals surface area (Å²) >= 11 is 0. The number of methoxy groups -OCH3 is 1. The van der Waals surface area contributed by atoms with Gasteiger partial charge in [-0.3, -0.25) is 19.1 Å². The van der Waals surface area contributed by atoms with Crippen LogP contribution in [0.1, 0.15) is 99.3 Å². The molecule has 3 fully saturated rings. The van der Waals surface area contributed by atoms with Gasteiger partial charge in [0, 0.05) is 12.3 Å². The van der Waals surface area contributed by atoms with Crippen molar-refractivity contribution in [2.45, 2.75) is 108 Å². The Kier molecular flexibility index (Phi) is 12.9. The molecule has 2 saturated carbocycles. The van der Waals surface area contributed by atoms with Gasteiger partial charge in [-0.25, -0.2) is 22.8 Å². The van der Waals surface area contributed by atoms with Crippen molar-refractivity contribution >= 4 is 45.8 Å². The number of likely N-dealkylation sites (tertiary alicyclic amines) is 1. The monoisotopic (exact) mass is 732 g/mol. The minimum Gasteiger partial charge on any atom is -0.465 e. The Bertz CT molecular complexity index is 1620. The van der Waals surface area contributed by atoms with Gasteiger partial charge in [0.25, 0.3) is 0 Å². The normalized spacial score (nSPS) is 22.2. The van der Waals surface area contributed by atoms with E-state index in [1.54, 1.807) is 20.8 Å². The van der Waals surface area contributed by atoms with Crippen LogP contribution in [-0.4, -0.2) is 91.8 Å². The molecule has 4 rings (SSSR count). The van der Waals surface area contributed by atoms with E-state index in [0.29, 0.717) is 38.5 Å². The fourth-order valence-corrected chi connectivity index (χ4v) is 7.20. The summed E-state index contributed by atoms with van der Waals surface area (Å²) in [5, 5.41) is 2.19. The first kappa shape index (κ1) is 39.3. The number of allylic oxidation sites excluding steroid dienone is 2. The summed E-state index contributed by atoms with van der Waals surface area (Å²) in [6, 6.07) is 3.52. The zero-order chi connectivity index (χ0) is 37.5. The number of sulfonamides is 1. The highest BCUT2D eigenvalue weighted by atomic mass is 32.2. The Hall–Kier alpha value is -4.47. The van der Waals surface area contributed by atoms with Crippen LogP contribution in [0.2, 0.25) is 0 Å². The number of rotatable bonds is 16. The van der Waals surface area contributed by atoms with Crippen molar-refractivity contribution in [2.24, 2.45) is 17.6 Å². The van der Waals surface area contributed by atoms with Gasteiger partial charge in [-0.2, -0.15) is 0 Å². The van der Waals surface area contributed by atoms with E-state index < -0.39 is 74.8 Å². The number of hydrogen-bond acceptors (Lipinski definition) is 11. The van der Waals surface area contributed by atoms with Crippen molar-refractivity contribution in [3.8, 4) is 0 Å². The summed E-state index contributed by atoms with van der Waals surface area (Å²) in [5.41, 5.74) is 5.23. The van der Waals surface area contributed by atoms with E-state index in [2.05, 4.69) is 14.8 Å². The zero-order valence-corrected chi connectivity index (χ0v) is 30.2. The van der Waals surface area contributed by atoms with E-state index in [0.717, 1.165) is 6.42 Å². The van der Waals surface area contributed by atoms with Gasteiger partial charge < -0.3 is 30.2 Å². The van der Waals surface area contributed by atoms with E-state index >= 15 is 0 Å². The first-order chi connectivity index (χ1) is 24.0. The van der Waals surface area contributed by atoms with Gasteiger partial charge in [0.1, 0.15) is 23.8 Å². The molecule has 2 aliphatic carbocycles. The third-order valence-corrected chi connectivity index (χ3v) is 10.6. The molecule has 0 bridgehead atoms. The fourth-order valence-electron chi connectivity index (χ4n) is 5.85. The van der Waals surface area contributed by atoms with Crippen molar-refractivity contribution < 1.29 is 51.4 Å². The van der Waals surface area contributed by atoms with E-state index in [-0.39, 0.29) is 42.3 Å². The van der Waals surface area contributed by atoms with Crippen LogP contribution >= 0.6 is 0 Å². The van der Waals surface area contributed by atoms with Crippen LogP contribution in [-0.2, 0) is 38.6 Å². The maximum atomic E-state index is 13.8. The number of hydrogen-bond donors (Lipinski definition) is 3. The molecule has 16 heteroatoms. The Balaban J connectivity index is 1.29. The standard InChI is InChI=1S/C35H48N4O11S/c1-35(2,3)50-34(45)37-27(11-9-7-5-6-8-10-23-18-26(23)30(41)38-51(46,47)25-16-17-25)31(42)39-20-24(19-28(39)29(36)40)49-33(44)22-14-12-21(13-15-22)32(43)48-4/h8,10,12-15,23-28H,5-7,9,11,16-20H2,1-4H3,(H2,36,40)(H,37,45)(H,38,41)/b10-8-/t23-,24-,26+,27+,28+/m1/s1. The van der Waals surface area contributed by atoms with Crippen LogP contribution in [0.5, 0.6) is 0 Å². The Morgan fingerprint density at radius 3 is 2.22 bits per heavy atom. The number of esters is 2. The quantitative estimate of drug-likeness (QED) is 0.0972. The van der Waals surface area contributed by atoms with Crippen LogP contribution in [0, 0.1) is 11.8 Å². The summed E-state index contributed by atoms with van der Waals surface area (Å²) in [6.07, 6.45) is 6.94. The molecule has 1 aromatic carbocycles. The first-order valence-electron chi connectivity index (χ1n) is 17.2. The van der Waals surface area contributed by atoms with E-state index in [4.69, 9.17) is 15.2 Å². The van der Waals surface area contributed by atoms with Crippen molar-refractivity contribution in [3.63, 3.8) is 0 Å². The lowest BCUT2D eigenvalue weighted by Crippen LogP contribution is -2.53. The number of nitrogens with one attached hydrogen (secondary N) is 2. The van der Waals surface area contributed by atoms with Crippen LogP contribution in [0.3, 0.4) is 0 Å². The number of carbonyl (C=O) groups is 6. The smallest absolute Gasteiger partial charge is 0.408 e. The van der Waals surface area contributed by atoms with Gasteiger partial charge in [0.15, 0.2) is 0 Å². The predicted octanol–water partition coefficient (Wildman–Crippen LogP) is 2.73. The third-order valence-electron chi connectivity index (χ3n) is 8.81. The predicted molar refractivity (Wildman–Crippen MR) is 183 cm³/mol. The van der Waals surface area contributed by atoms with Gasteiger partial charge in [0.2, 0.25) is 27.7 Å². The number of primary amides is 1. The Labute approximate surface area is 298 Å². The van der Waals surface area contributed by atoms with E-state index in [9.17, 15) is 37.2 Å². The lowest BCUT2D eigenvalue weighted by atomic mass is 10.0. The molecule has 1 aromatic rings. The lowest BCUT2D eigenvalue weighted by Gasteiger charge is -2.28. The average Bonchev–Trinajstić information content (AvgIpc) is 3.99. The minimum absolute atomic E-state index is 0.00770. The number of ether oxygens (including phenoxy) is 3.